The second kappa shape index (κ2) is 8.19. The summed E-state index contributed by atoms with van der Waals surface area (Å²) in [5.74, 6) is -0.887. The van der Waals surface area contributed by atoms with Gasteiger partial charge in [-0.1, -0.05) is 0 Å². The van der Waals surface area contributed by atoms with Crippen molar-refractivity contribution in [2.24, 2.45) is 0 Å². The summed E-state index contributed by atoms with van der Waals surface area (Å²) >= 11 is 0. The van der Waals surface area contributed by atoms with Crippen LogP contribution in [0, 0.1) is 19.7 Å². The highest BCUT2D eigenvalue weighted by Gasteiger charge is 2.07. The fourth-order valence-corrected chi connectivity index (χ4v) is 2.18. The standard InChI is InChI=1S/C18H20FN3O2/c1-12-9-13(2)21-10-15(12)11-22-17(23)7-8-20-18(24)14-3-5-16(19)6-4-14/h3-6,9-10H,7-8,11H2,1-2H3,(H,20,24)(H,22,23). The van der Waals surface area contributed by atoms with E-state index < -0.39 is 5.82 Å². The molecule has 0 aliphatic rings. The number of aryl methyl sites for hydroxylation is 2. The molecule has 1 heterocycles. The summed E-state index contributed by atoms with van der Waals surface area (Å²) in [6, 6.07) is 7.21. The zero-order valence-electron chi connectivity index (χ0n) is 13.7. The summed E-state index contributed by atoms with van der Waals surface area (Å²) in [7, 11) is 0. The molecule has 2 rings (SSSR count). The molecule has 0 fully saturated rings. The Labute approximate surface area is 140 Å². The molecule has 24 heavy (non-hydrogen) atoms. The van der Waals surface area contributed by atoms with Crippen molar-refractivity contribution in [3.8, 4) is 0 Å². The molecule has 0 radical (unpaired) electrons. The highest BCUT2D eigenvalue weighted by atomic mass is 19.1. The van der Waals surface area contributed by atoms with Gasteiger partial charge in [0.2, 0.25) is 5.91 Å². The van der Waals surface area contributed by atoms with Gasteiger partial charge in [0.1, 0.15) is 5.82 Å². The summed E-state index contributed by atoms with van der Waals surface area (Å²) in [6.07, 6.45) is 1.92. The summed E-state index contributed by atoms with van der Waals surface area (Å²) in [5.41, 5.74) is 3.33. The van der Waals surface area contributed by atoms with Crippen LogP contribution >= 0.6 is 0 Å². The monoisotopic (exact) mass is 329 g/mol. The Bertz CT molecular complexity index is 730. The van der Waals surface area contributed by atoms with E-state index in [0.717, 1.165) is 16.8 Å². The van der Waals surface area contributed by atoms with E-state index in [1.807, 2.05) is 19.9 Å². The summed E-state index contributed by atoms with van der Waals surface area (Å²) in [6.45, 7) is 4.51. The lowest BCUT2D eigenvalue weighted by Crippen LogP contribution is -2.30. The first kappa shape index (κ1) is 17.6. The van der Waals surface area contributed by atoms with Gasteiger partial charge in [0.15, 0.2) is 0 Å². The molecule has 0 saturated heterocycles. The molecule has 0 saturated carbocycles. The van der Waals surface area contributed by atoms with E-state index >= 15 is 0 Å². The van der Waals surface area contributed by atoms with Gasteiger partial charge in [-0.3, -0.25) is 14.6 Å². The number of hydrogen-bond acceptors (Lipinski definition) is 3. The minimum Gasteiger partial charge on any atom is -0.352 e. The maximum absolute atomic E-state index is 12.8. The molecule has 0 spiro atoms. The second-order valence-corrected chi connectivity index (χ2v) is 5.54. The lowest BCUT2D eigenvalue weighted by molar-refractivity contribution is -0.121. The summed E-state index contributed by atoms with van der Waals surface area (Å²) in [4.78, 5) is 27.9. The van der Waals surface area contributed by atoms with Crippen molar-refractivity contribution < 1.29 is 14.0 Å². The van der Waals surface area contributed by atoms with Gasteiger partial charge < -0.3 is 10.6 Å². The maximum Gasteiger partial charge on any atom is 0.251 e. The molecule has 126 valence electrons. The Hall–Kier alpha value is -2.76. The van der Waals surface area contributed by atoms with Crippen LogP contribution in [0.5, 0.6) is 0 Å². The van der Waals surface area contributed by atoms with Crippen molar-refractivity contribution in [1.82, 2.24) is 15.6 Å². The Morgan fingerprint density at radius 3 is 2.50 bits per heavy atom. The SMILES string of the molecule is Cc1cc(C)c(CNC(=O)CCNC(=O)c2ccc(F)cc2)cn1. The van der Waals surface area contributed by atoms with Crippen molar-refractivity contribution in [3.05, 3.63) is 64.7 Å². The maximum atomic E-state index is 12.8. The fourth-order valence-electron chi connectivity index (χ4n) is 2.18. The van der Waals surface area contributed by atoms with E-state index in [0.29, 0.717) is 12.1 Å². The molecular formula is C18H20FN3O2. The molecule has 0 aliphatic heterocycles. The van der Waals surface area contributed by atoms with Gasteiger partial charge in [-0.2, -0.15) is 0 Å². The number of carbonyl (C=O) groups is 2. The smallest absolute Gasteiger partial charge is 0.251 e. The van der Waals surface area contributed by atoms with Gasteiger partial charge in [0.05, 0.1) is 0 Å². The third-order valence-electron chi connectivity index (χ3n) is 3.58. The second-order valence-electron chi connectivity index (χ2n) is 5.54. The minimum atomic E-state index is -0.396. The first-order valence-electron chi connectivity index (χ1n) is 7.68. The number of rotatable bonds is 6. The van der Waals surface area contributed by atoms with Crippen molar-refractivity contribution in [3.63, 3.8) is 0 Å². The lowest BCUT2D eigenvalue weighted by atomic mass is 10.1. The van der Waals surface area contributed by atoms with Gasteiger partial charge in [0, 0.05) is 37.0 Å². The van der Waals surface area contributed by atoms with Crippen LogP contribution in [0.25, 0.3) is 0 Å². The van der Waals surface area contributed by atoms with Crippen molar-refractivity contribution >= 4 is 11.8 Å². The van der Waals surface area contributed by atoms with Gasteiger partial charge >= 0.3 is 0 Å². The zero-order chi connectivity index (χ0) is 17.5. The van der Waals surface area contributed by atoms with E-state index in [4.69, 9.17) is 0 Å². The van der Waals surface area contributed by atoms with Crippen LogP contribution in [-0.2, 0) is 11.3 Å². The number of hydrogen-bond donors (Lipinski definition) is 2. The predicted octanol–water partition coefficient (Wildman–Crippen LogP) is 2.27. The molecule has 2 N–H and O–H groups in total. The Kier molecular flexibility index (Phi) is 6.01. The number of halogens is 1. The average Bonchev–Trinajstić information content (AvgIpc) is 2.54. The van der Waals surface area contributed by atoms with E-state index in [2.05, 4.69) is 15.6 Å². The Balaban J connectivity index is 1.73. The molecular weight excluding hydrogens is 309 g/mol. The molecule has 1 aromatic heterocycles. The van der Waals surface area contributed by atoms with Gasteiger partial charge in [0.25, 0.3) is 5.91 Å². The minimum absolute atomic E-state index is 0.158. The van der Waals surface area contributed by atoms with Crippen molar-refractivity contribution in [1.29, 1.82) is 0 Å². The van der Waals surface area contributed by atoms with E-state index in [9.17, 15) is 14.0 Å². The average molecular weight is 329 g/mol. The van der Waals surface area contributed by atoms with Gasteiger partial charge in [-0.15, -0.1) is 0 Å². The number of carbonyl (C=O) groups excluding carboxylic acids is 2. The van der Waals surface area contributed by atoms with Crippen LogP contribution in [-0.4, -0.2) is 23.3 Å². The number of nitrogens with zero attached hydrogens (tertiary/aromatic N) is 1. The topological polar surface area (TPSA) is 71.1 Å². The van der Waals surface area contributed by atoms with E-state index in [1.54, 1.807) is 6.20 Å². The lowest BCUT2D eigenvalue weighted by Gasteiger charge is -2.09. The number of aromatic nitrogens is 1. The first-order valence-corrected chi connectivity index (χ1v) is 7.68. The molecule has 2 aromatic rings. The van der Waals surface area contributed by atoms with Crippen molar-refractivity contribution in [2.75, 3.05) is 6.54 Å². The normalized spacial score (nSPS) is 10.3. The van der Waals surface area contributed by atoms with Crippen LogP contribution in [0.2, 0.25) is 0 Å². The number of benzene rings is 1. The molecule has 0 unspecified atom stereocenters. The molecule has 1 aromatic carbocycles. The molecule has 5 nitrogen and oxygen atoms in total. The van der Waals surface area contributed by atoms with Crippen LogP contribution in [0.15, 0.2) is 36.5 Å². The molecule has 0 bridgehead atoms. The van der Waals surface area contributed by atoms with Crippen LogP contribution in [0.3, 0.4) is 0 Å². The van der Waals surface area contributed by atoms with Crippen LogP contribution < -0.4 is 10.6 Å². The number of amides is 2. The highest BCUT2D eigenvalue weighted by Crippen LogP contribution is 2.07. The summed E-state index contributed by atoms with van der Waals surface area (Å²) < 4.78 is 12.8. The molecule has 2 amide bonds. The van der Waals surface area contributed by atoms with E-state index in [1.165, 1.54) is 24.3 Å². The number of nitrogens with one attached hydrogen (secondary N) is 2. The molecule has 0 aliphatic carbocycles. The third-order valence-corrected chi connectivity index (χ3v) is 3.58. The first-order chi connectivity index (χ1) is 11.5. The van der Waals surface area contributed by atoms with Crippen molar-refractivity contribution in [2.45, 2.75) is 26.8 Å². The summed E-state index contributed by atoms with van der Waals surface area (Å²) in [5, 5.41) is 5.43. The van der Waals surface area contributed by atoms with Crippen LogP contribution in [0.1, 0.15) is 33.6 Å². The largest absolute Gasteiger partial charge is 0.352 e. The van der Waals surface area contributed by atoms with Crippen LogP contribution in [0.4, 0.5) is 4.39 Å². The Morgan fingerprint density at radius 2 is 1.83 bits per heavy atom. The molecule has 6 heteroatoms. The van der Waals surface area contributed by atoms with Gasteiger partial charge in [-0.05, 0) is 55.3 Å². The fraction of sp³-hybridized carbons (Fsp3) is 0.278. The molecule has 0 atom stereocenters. The van der Waals surface area contributed by atoms with Gasteiger partial charge in [-0.25, -0.2) is 4.39 Å². The Morgan fingerprint density at radius 1 is 1.12 bits per heavy atom. The predicted molar refractivity (Wildman–Crippen MR) is 88.9 cm³/mol. The zero-order valence-corrected chi connectivity index (χ0v) is 13.7. The van der Waals surface area contributed by atoms with E-state index in [-0.39, 0.29) is 24.8 Å². The third kappa shape index (κ3) is 5.15. The quantitative estimate of drug-likeness (QED) is 0.854. The highest BCUT2D eigenvalue weighted by molar-refractivity contribution is 5.94. The number of pyridine rings is 1.